The molecule has 1 aromatic heterocycles. The Kier molecular flexibility index (Phi) is 6.23. The molecule has 1 heterocycles. The molecule has 0 fully saturated rings. The van der Waals surface area contributed by atoms with Crippen LogP contribution in [0, 0.1) is 5.92 Å². The standard InChI is InChI=1S/C13H23BrN2O/c1-10(2)7-11(9-16(3)4)15-8-12-5-6-13(14)17-12/h5-6,10-11,15H,7-9H2,1-4H3. The topological polar surface area (TPSA) is 28.4 Å². The number of hydrogen-bond donors (Lipinski definition) is 1. The van der Waals surface area contributed by atoms with Crippen LogP contribution in [-0.4, -0.2) is 31.6 Å². The van der Waals surface area contributed by atoms with Crippen LogP contribution >= 0.6 is 15.9 Å². The molecular formula is C13H23BrN2O. The monoisotopic (exact) mass is 302 g/mol. The molecule has 1 N–H and O–H groups in total. The molecule has 3 nitrogen and oxygen atoms in total. The van der Waals surface area contributed by atoms with Crippen LogP contribution in [-0.2, 0) is 6.54 Å². The summed E-state index contributed by atoms with van der Waals surface area (Å²) in [7, 11) is 4.22. The van der Waals surface area contributed by atoms with E-state index in [1.54, 1.807) is 0 Å². The van der Waals surface area contributed by atoms with Crippen molar-refractivity contribution in [2.24, 2.45) is 5.92 Å². The Morgan fingerprint density at radius 2 is 2.06 bits per heavy atom. The molecular weight excluding hydrogens is 280 g/mol. The fourth-order valence-corrected chi connectivity index (χ4v) is 2.26. The van der Waals surface area contributed by atoms with Crippen LogP contribution < -0.4 is 5.32 Å². The van der Waals surface area contributed by atoms with E-state index in [2.05, 4.69) is 54.1 Å². The van der Waals surface area contributed by atoms with Gasteiger partial charge in [0, 0.05) is 12.6 Å². The zero-order chi connectivity index (χ0) is 12.8. The second-order valence-electron chi connectivity index (χ2n) is 5.18. The van der Waals surface area contributed by atoms with Gasteiger partial charge in [-0.3, -0.25) is 0 Å². The van der Waals surface area contributed by atoms with Gasteiger partial charge in [0.2, 0.25) is 0 Å². The van der Waals surface area contributed by atoms with E-state index in [0.29, 0.717) is 12.0 Å². The van der Waals surface area contributed by atoms with E-state index in [0.717, 1.165) is 23.5 Å². The van der Waals surface area contributed by atoms with Gasteiger partial charge in [0.1, 0.15) is 5.76 Å². The molecule has 1 unspecified atom stereocenters. The Bertz CT molecular complexity index is 313. The van der Waals surface area contributed by atoms with Gasteiger partial charge in [-0.25, -0.2) is 0 Å². The van der Waals surface area contributed by atoms with Crippen molar-refractivity contribution >= 4 is 15.9 Å². The van der Waals surface area contributed by atoms with E-state index < -0.39 is 0 Å². The maximum atomic E-state index is 5.48. The van der Waals surface area contributed by atoms with Gasteiger partial charge in [-0.1, -0.05) is 13.8 Å². The zero-order valence-electron chi connectivity index (χ0n) is 11.2. The lowest BCUT2D eigenvalue weighted by atomic mass is 10.0. The molecule has 0 spiro atoms. The number of likely N-dealkylation sites (N-methyl/N-ethyl adjacent to an activating group) is 1. The normalized spacial score (nSPS) is 13.6. The van der Waals surface area contributed by atoms with E-state index in [-0.39, 0.29) is 0 Å². The van der Waals surface area contributed by atoms with E-state index >= 15 is 0 Å². The first-order chi connectivity index (χ1) is 7.97. The summed E-state index contributed by atoms with van der Waals surface area (Å²) in [6.07, 6.45) is 1.18. The molecule has 0 saturated heterocycles. The summed E-state index contributed by atoms with van der Waals surface area (Å²) < 4.78 is 6.28. The first-order valence-electron chi connectivity index (χ1n) is 6.09. The van der Waals surface area contributed by atoms with Crippen LogP contribution in [0.15, 0.2) is 21.2 Å². The molecule has 98 valence electrons. The summed E-state index contributed by atoms with van der Waals surface area (Å²) in [5.74, 6) is 1.68. The third kappa shape index (κ3) is 6.24. The van der Waals surface area contributed by atoms with Gasteiger partial charge in [0.15, 0.2) is 4.67 Å². The lowest BCUT2D eigenvalue weighted by Gasteiger charge is -2.23. The summed E-state index contributed by atoms with van der Waals surface area (Å²) in [6.45, 7) is 6.36. The highest BCUT2D eigenvalue weighted by Crippen LogP contribution is 2.14. The number of halogens is 1. The van der Waals surface area contributed by atoms with Gasteiger partial charge < -0.3 is 14.6 Å². The maximum absolute atomic E-state index is 5.48. The van der Waals surface area contributed by atoms with Gasteiger partial charge in [-0.05, 0) is 54.5 Å². The van der Waals surface area contributed by atoms with Crippen LogP contribution in [0.3, 0.4) is 0 Å². The summed E-state index contributed by atoms with van der Waals surface area (Å²) in [6, 6.07) is 4.44. The van der Waals surface area contributed by atoms with E-state index in [1.807, 2.05) is 12.1 Å². The van der Waals surface area contributed by atoms with Crippen LogP contribution in [0.5, 0.6) is 0 Å². The molecule has 0 aliphatic carbocycles. The predicted molar refractivity (Wildman–Crippen MR) is 75.0 cm³/mol. The molecule has 4 heteroatoms. The van der Waals surface area contributed by atoms with Crippen LogP contribution in [0.1, 0.15) is 26.0 Å². The van der Waals surface area contributed by atoms with E-state index in [9.17, 15) is 0 Å². The van der Waals surface area contributed by atoms with Crippen molar-refractivity contribution in [1.82, 2.24) is 10.2 Å². The number of hydrogen-bond acceptors (Lipinski definition) is 3. The van der Waals surface area contributed by atoms with Gasteiger partial charge in [0.05, 0.1) is 6.54 Å². The van der Waals surface area contributed by atoms with Gasteiger partial charge in [-0.15, -0.1) is 0 Å². The molecule has 1 atom stereocenters. The minimum atomic E-state index is 0.508. The highest BCUT2D eigenvalue weighted by Gasteiger charge is 2.12. The number of nitrogens with one attached hydrogen (secondary N) is 1. The van der Waals surface area contributed by atoms with Crippen molar-refractivity contribution in [3.05, 3.63) is 22.6 Å². The highest BCUT2D eigenvalue weighted by molar-refractivity contribution is 9.10. The molecule has 1 aromatic rings. The summed E-state index contributed by atoms with van der Waals surface area (Å²) in [5.41, 5.74) is 0. The molecule has 0 radical (unpaired) electrons. The fraction of sp³-hybridized carbons (Fsp3) is 0.692. The van der Waals surface area contributed by atoms with E-state index in [4.69, 9.17) is 4.42 Å². The van der Waals surface area contributed by atoms with E-state index in [1.165, 1.54) is 6.42 Å². The van der Waals surface area contributed by atoms with Crippen molar-refractivity contribution < 1.29 is 4.42 Å². The Hall–Kier alpha value is -0.320. The van der Waals surface area contributed by atoms with Gasteiger partial charge in [-0.2, -0.15) is 0 Å². The molecule has 1 rings (SSSR count). The average molecular weight is 303 g/mol. The van der Waals surface area contributed by atoms with Crippen LogP contribution in [0.4, 0.5) is 0 Å². The van der Waals surface area contributed by atoms with Crippen LogP contribution in [0.25, 0.3) is 0 Å². The number of nitrogens with zero attached hydrogens (tertiary/aromatic N) is 1. The quantitative estimate of drug-likeness (QED) is 0.839. The van der Waals surface area contributed by atoms with Crippen molar-refractivity contribution in [2.75, 3.05) is 20.6 Å². The summed E-state index contributed by atoms with van der Waals surface area (Å²) >= 11 is 3.32. The second kappa shape index (κ2) is 7.19. The molecule has 0 aliphatic rings. The van der Waals surface area contributed by atoms with Crippen molar-refractivity contribution in [3.8, 4) is 0 Å². The van der Waals surface area contributed by atoms with Crippen molar-refractivity contribution in [2.45, 2.75) is 32.9 Å². The highest BCUT2D eigenvalue weighted by atomic mass is 79.9. The molecule has 0 aromatic carbocycles. The Balaban J connectivity index is 2.42. The molecule has 0 saturated carbocycles. The Morgan fingerprint density at radius 1 is 1.35 bits per heavy atom. The number of furan rings is 1. The largest absolute Gasteiger partial charge is 0.453 e. The molecule has 0 bridgehead atoms. The smallest absolute Gasteiger partial charge is 0.169 e. The fourth-order valence-electron chi connectivity index (χ4n) is 1.92. The minimum Gasteiger partial charge on any atom is -0.453 e. The SMILES string of the molecule is CC(C)CC(CN(C)C)NCc1ccc(Br)o1. The lowest BCUT2D eigenvalue weighted by Crippen LogP contribution is -2.38. The molecule has 0 aliphatic heterocycles. The van der Waals surface area contributed by atoms with Crippen molar-refractivity contribution in [3.63, 3.8) is 0 Å². The average Bonchev–Trinajstić information content (AvgIpc) is 2.59. The molecule has 17 heavy (non-hydrogen) atoms. The third-order valence-corrected chi connectivity index (χ3v) is 2.96. The predicted octanol–water partition coefficient (Wildman–Crippen LogP) is 3.11. The first-order valence-corrected chi connectivity index (χ1v) is 6.89. The van der Waals surface area contributed by atoms with Gasteiger partial charge >= 0.3 is 0 Å². The minimum absolute atomic E-state index is 0.508. The van der Waals surface area contributed by atoms with Gasteiger partial charge in [0.25, 0.3) is 0 Å². The zero-order valence-corrected chi connectivity index (χ0v) is 12.8. The Morgan fingerprint density at radius 3 is 2.53 bits per heavy atom. The van der Waals surface area contributed by atoms with Crippen LogP contribution in [0.2, 0.25) is 0 Å². The maximum Gasteiger partial charge on any atom is 0.169 e. The molecule has 0 amide bonds. The second-order valence-corrected chi connectivity index (χ2v) is 5.96. The Labute approximate surface area is 113 Å². The number of rotatable bonds is 7. The van der Waals surface area contributed by atoms with Crippen molar-refractivity contribution in [1.29, 1.82) is 0 Å². The first kappa shape index (κ1) is 14.7. The lowest BCUT2D eigenvalue weighted by molar-refractivity contribution is 0.298. The third-order valence-electron chi connectivity index (χ3n) is 2.54. The summed E-state index contributed by atoms with van der Waals surface area (Å²) in [4.78, 5) is 2.22. The summed E-state index contributed by atoms with van der Waals surface area (Å²) in [5, 5.41) is 3.56.